The van der Waals surface area contributed by atoms with E-state index in [1.807, 2.05) is 0 Å². The summed E-state index contributed by atoms with van der Waals surface area (Å²) >= 11 is 2.60. The molecular formula is C52H83NO2S. The van der Waals surface area contributed by atoms with Gasteiger partial charge in [0.25, 0.3) is 0 Å². The molecule has 0 spiro atoms. The van der Waals surface area contributed by atoms with Crippen LogP contribution in [0.5, 0.6) is 0 Å². The Bertz CT molecular complexity index is 1330. The Hall–Kier alpha value is 0.230. The molecule has 9 saturated carbocycles. The fourth-order valence-electron chi connectivity index (χ4n) is 19.1. The molecule has 0 aromatic carbocycles. The maximum Gasteiger partial charge on any atom is 0.0766 e. The van der Waals surface area contributed by atoms with Crippen LogP contribution in [0.3, 0.4) is 0 Å². The average Bonchev–Trinajstić information content (AvgIpc) is 3.96. The van der Waals surface area contributed by atoms with E-state index in [-0.39, 0.29) is 0 Å². The molecule has 314 valence electrons. The van der Waals surface area contributed by atoms with Gasteiger partial charge in [-0.05, 0) is 187 Å². The van der Waals surface area contributed by atoms with Crippen LogP contribution >= 0.6 is 11.8 Å². The Balaban J connectivity index is 0.762. The minimum atomic E-state index is 0.553. The summed E-state index contributed by atoms with van der Waals surface area (Å²) < 4.78 is 14.5. The molecule has 3 aliphatic heterocycles. The van der Waals surface area contributed by atoms with Gasteiger partial charge in [0.05, 0.1) is 24.4 Å². The summed E-state index contributed by atoms with van der Waals surface area (Å²) in [7, 11) is 0. The van der Waals surface area contributed by atoms with Crippen molar-refractivity contribution in [2.24, 2.45) is 71.0 Å². The summed E-state index contributed by atoms with van der Waals surface area (Å²) in [5.41, 5.74) is 0. The second-order valence-electron chi connectivity index (χ2n) is 23.5. The summed E-state index contributed by atoms with van der Waals surface area (Å²) in [5.74, 6) is 11.6. The SMILES string of the molecule is C1CCC(C2CCC(N(C3CCC(C4CCCC5C6CCC7OC8CCCCC8C7C6SC45)CC3)C3CCCC4C5CCC6CCCCC6C5OC43)CC2)CC1. The van der Waals surface area contributed by atoms with Gasteiger partial charge in [-0.1, -0.05) is 77.0 Å². The predicted molar refractivity (Wildman–Crippen MR) is 231 cm³/mol. The Morgan fingerprint density at radius 2 is 0.875 bits per heavy atom. The molecule has 0 N–H and O–H groups in total. The van der Waals surface area contributed by atoms with Crippen molar-refractivity contribution in [3.8, 4) is 0 Å². The topological polar surface area (TPSA) is 21.7 Å². The van der Waals surface area contributed by atoms with Gasteiger partial charge in [-0.25, -0.2) is 0 Å². The predicted octanol–water partition coefficient (Wildman–Crippen LogP) is 13.0. The molecule has 16 atom stereocenters. The van der Waals surface area contributed by atoms with Crippen LogP contribution in [0.2, 0.25) is 0 Å². The summed E-state index contributed by atoms with van der Waals surface area (Å²) in [5, 5.41) is 1.91. The van der Waals surface area contributed by atoms with Crippen LogP contribution in [0.1, 0.15) is 199 Å². The van der Waals surface area contributed by atoms with E-state index in [1.165, 1.54) is 161 Å². The molecule has 9 aliphatic carbocycles. The van der Waals surface area contributed by atoms with E-state index in [4.69, 9.17) is 9.47 Å². The normalized spacial score (nSPS) is 54.6. The van der Waals surface area contributed by atoms with Gasteiger partial charge in [0, 0.05) is 34.5 Å². The van der Waals surface area contributed by atoms with Gasteiger partial charge in [-0.3, -0.25) is 4.90 Å². The van der Waals surface area contributed by atoms with Crippen LogP contribution in [0.25, 0.3) is 0 Å². The van der Waals surface area contributed by atoms with E-state index in [0.29, 0.717) is 24.4 Å². The third-order valence-corrected chi connectivity index (χ3v) is 23.4. The van der Waals surface area contributed by atoms with Gasteiger partial charge in [0.1, 0.15) is 0 Å². The molecule has 0 aromatic rings. The summed E-state index contributed by atoms with van der Waals surface area (Å²) in [6, 6.07) is 2.39. The van der Waals surface area contributed by atoms with Gasteiger partial charge in [-0.15, -0.1) is 0 Å². The lowest BCUT2D eigenvalue weighted by Crippen LogP contribution is -2.58. The Kier molecular flexibility index (Phi) is 11.0. The molecule has 3 saturated heterocycles. The number of thioether (sulfide) groups is 1. The quantitative estimate of drug-likeness (QED) is 0.277. The van der Waals surface area contributed by atoms with Crippen molar-refractivity contribution in [1.82, 2.24) is 4.90 Å². The molecule has 12 aliphatic rings. The molecule has 16 unspecified atom stereocenters. The monoisotopic (exact) mass is 786 g/mol. The van der Waals surface area contributed by atoms with Crippen molar-refractivity contribution in [3.63, 3.8) is 0 Å². The Labute approximate surface area is 347 Å². The second kappa shape index (κ2) is 16.2. The third kappa shape index (κ3) is 6.63. The average molecular weight is 786 g/mol. The van der Waals surface area contributed by atoms with Crippen LogP contribution in [-0.2, 0) is 9.47 Å². The summed E-state index contributed by atoms with van der Waals surface area (Å²) in [4.78, 5) is 3.35. The first-order valence-electron chi connectivity index (χ1n) is 26.5. The molecule has 3 nitrogen and oxygen atoms in total. The van der Waals surface area contributed by atoms with Crippen molar-refractivity contribution in [2.75, 3.05) is 0 Å². The molecule has 0 bridgehead atoms. The molecular weight excluding hydrogens is 703 g/mol. The number of fused-ring (bicyclic) bond motifs is 12. The minimum Gasteiger partial charge on any atom is -0.374 e. The van der Waals surface area contributed by atoms with Crippen LogP contribution in [0.4, 0.5) is 0 Å². The molecule has 0 aromatic heterocycles. The molecule has 4 heteroatoms. The summed E-state index contributed by atoms with van der Waals surface area (Å²) in [6.45, 7) is 0. The zero-order valence-electron chi connectivity index (χ0n) is 35.7. The van der Waals surface area contributed by atoms with Crippen molar-refractivity contribution in [3.05, 3.63) is 0 Å². The highest BCUT2D eigenvalue weighted by molar-refractivity contribution is 8.00. The number of nitrogens with zero attached hydrogens (tertiary/aromatic N) is 1. The number of rotatable bonds is 5. The second-order valence-corrected chi connectivity index (χ2v) is 24.8. The van der Waals surface area contributed by atoms with Gasteiger partial charge in [-0.2, -0.15) is 11.8 Å². The fourth-order valence-corrected chi connectivity index (χ4v) is 21.7. The fraction of sp³-hybridized carbons (Fsp3) is 1.00. The van der Waals surface area contributed by atoms with Crippen molar-refractivity contribution in [2.45, 2.75) is 252 Å². The first-order chi connectivity index (χ1) is 27.8. The molecule has 3 heterocycles. The van der Waals surface area contributed by atoms with Crippen LogP contribution < -0.4 is 0 Å². The smallest absolute Gasteiger partial charge is 0.0766 e. The van der Waals surface area contributed by atoms with Crippen molar-refractivity contribution < 1.29 is 9.47 Å². The standard InChI is InChI=1S/C52H83NO2S/c1-2-10-32(11-3-1)33-20-25-36(26-21-33)53(45-18-9-16-40-41-29-24-34-12-4-5-13-38(34)49(41)55-50(40)45)37-27-22-35(23-28-37)39-15-8-17-42-43-30-31-47-48(52(43)56-51(39)42)44-14-6-7-19-46(44)54-47/h32-52H,1-31H2. The lowest BCUT2D eigenvalue weighted by molar-refractivity contribution is -0.104. The first kappa shape index (κ1) is 37.9. The lowest BCUT2D eigenvalue weighted by atomic mass is 9.62. The van der Waals surface area contributed by atoms with Crippen molar-refractivity contribution in [1.29, 1.82) is 0 Å². The van der Waals surface area contributed by atoms with E-state index < -0.39 is 0 Å². The Morgan fingerprint density at radius 1 is 0.321 bits per heavy atom. The van der Waals surface area contributed by atoms with E-state index in [2.05, 4.69) is 16.7 Å². The highest BCUT2D eigenvalue weighted by Crippen LogP contribution is 2.64. The number of hydrogen-bond donors (Lipinski definition) is 0. The van der Waals surface area contributed by atoms with Crippen LogP contribution in [-0.4, -0.2) is 57.9 Å². The molecule has 0 amide bonds. The Morgan fingerprint density at radius 3 is 1.71 bits per heavy atom. The third-order valence-electron chi connectivity index (χ3n) is 21.4. The molecule has 12 fully saturated rings. The van der Waals surface area contributed by atoms with Crippen molar-refractivity contribution >= 4 is 11.8 Å². The largest absolute Gasteiger partial charge is 0.374 e. The number of hydrogen-bond acceptors (Lipinski definition) is 4. The maximum absolute atomic E-state index is 7.65. The van der Waals surface area contributed by atoms with E-state index in [9.17, 15) is 0 Å². The van der Waals surface area contributed by atoms with E-state index in [0.717, 1.165) is 99.6 Å². The summed E-state index contributed by atoms with van der Waals surface area (Å²) in [6.07, 6.45) is 48.9. The molecule has 56 heavy (non-hydrogen) atoms. The minimum absolute atomic E-state index is 0.553. The maximum atomic E-state index is 7.65. The van der Waals surface area contributed by atoms with Crippen LogP contribution in [0, 0.1) is 71.0 Å². The van der Waals surface area contributed by atoms with Crippen LogP contribution in [0.15, 0.2) is 0 Å². The van der Waals surface area contributed by atoms with Gasteiger partial charge >= 0.3 is 0 Å². The van der Waals surface area contributed by atoms with Gasteiger partial charge in [0.15, 0.2) is 0 Å². The lowest BCUT2D eigenvalue weighted by Gasteiger charge is -2.52. The zero-order valence-corrected chi connectivity index (χ0v) is 36.5. The van der Waals surface area contributed by atoms with Gasteiger partial charge < -0.3 is 9.47 Å². The molecule has 0 radical (unpaired) electrons. The highest BCUT2D eigenvalue weighted by atomic mass is 32.2. The number of ether oxygens (including phenoxy) is 2. The highest BCUT2D eigenvalue weighted by Gasteiger charge is 2.61. The zero-order chi connectivity index (χ0) is 36.7. The molecule has 12 rings (SSSR count). The first-order valence-corrected chi connectivity index (χ1v) is 27.4. The van der Waals surface area contributed by atoms with E-state index >= 15 is 0 Å². The van der Waals surface area contributed by atoms with E-state index in [1.54, 1.807) is 38.5 Å². The van der Waals surface area contributed by atoms with Gasteiger partial charge in [0.2, 0.25) is 0 Å².